The third-order valence-corrected chi connectivity index (χ3v) is 2.17. The number of alkyl halides is 1. The Morgan fingerprint density at radius 1 is 1.31 bits per heavy atom. The minimum Gasteiger partial charge on any atom is -0.487 e. The summed E-state index contributed by atoms with van der Waals surface area (Å²) in [7, 11) is 0. The van der Waals surface area contributed by atoms with Crippen LogP contribution in [-0.4, -0.2) is 30.3 Å². The summed E-state index contributed by atoms with van der Waals surface area (Å²) in [6.07, 6.45) is 0.985. The smallest absolute Gasteiger partial charge is 0.161 e. The standard InChI is InChI=1S/C12H15ClO3/c1-2-7-15-11-5-3-4-6-12(11)16-9-10(14)8-13/h2-6,10,14H,1,7-9H2. The van der Waals surface area contributed by atoms with E-state index in [9.17, 15) is 5.11 Å². The van der Waals surface area contributed by atoms with Gasteiger partial charge in [-0.2, -0.15) is 0 Å². The molecule has 1 rings (SSSR count). The van der Waals surface area contributed by atoms with Gasteiger partial charge in [0.05, 0.1) is 5.88 Å². The summed E-state index contributed by atoms with van der Waals surface area (Å²) >= 11 is 5.47. The molecule has 0 aliphatic rings. The minimum absolute atomic E-state index is 0.148. The summed E-state index contributed by atoms with van der Waals surface area (Å²) in [5.41, 5.74) is 0. The first kappa shape index (κ1) is 12.9. The van der Waals surface area contributed by atoms with Crippen LogP contribution in [0.1, 0.15) is 0 Å². The molecule has 0 amide bonds. The number of ether oxygens (including phenoxy) is 2. The van der Waals surface area contributed by atoms with E-state index in [4.69, 9.17) is 21.1 Å². The largest absolute Gasteiger partial charge is 0.487 e. The highest BCUT2D eigenvalue weighted by molar-refractivity contribution is 6.18. The van der Waals surface area contributed by atoms with Crippen LogP contribution in [0, 0.1) is 0 Å². The van der Waals surface area contributed by atoms with E-state index in [1.807, 2.05) is 12.1 Å². The van der Waals surface area contributed by atoms with Gasteiger partial charge in [-0.15, -0.1) is 11.6 Å². The van der Waals surface area contributed by atoms with Gasteiger partial charge in [-0.1, -0.05) is 24.8 Å². The van der Waals surface area contributed by atoms with Crippen molar-refractivity contribution in [1.29, 1.82) is 0 Å². The van der Waals surface area contributed by atoms with E-state index in [1.165, 1.54) is 0 Å². The van der Waals surface area contributed by atoms with Gasteiger partial charge in [-0.3, -0.25) is 0 Å². The molecule has 0 aliphatic carbocycles. The molecule has 0 aliphatic heterocycles. The average Bonchev–Trinajstić information content (AvgIpc) is 2.34. The molecule has 1 atom stereocenters. The molecular formula is C12H15ClO3. The van der Waals surface area contributed by atoms with Crippen molar-refractivity contribution < 1.29 is 14.6 Å². The molecule has 1 unspecified atom stereocenters. The van der Waals surface area contributed by atoms with Crippen LogP contribution in [0.2, 0.25) is 0 Å². The molecule has 0 saturated heterocycles. The molecule has 0 heterocycles. The fraction of sp³-hybridized carbons (Fsp3) is 0.333. The summed E-state index contributed by atoms with van der Waals surface area (Å²) in [5, 5.41) is 9.27. The Balaban J connectivity index is 2.59. The molecule has 0 spiro atoms. The second-order valence-electron chi connectivity index (χ2n) is 3.17. The lowest BCUT2D eigenvalue weighted by Crippen LogP contribution is -2.19. The Kier molecular flexibility index (Phi) is 5.75. The van der Waals surface area contributed by atoms with Gasteiger partial charge in [0.25, 0.3) is 0 Å². The Bertz CT molecular complexity index is 328. The van der Waals surface area contributed by atoms with E-state index >= 15 is 0 Å². The van der Waals surface area contributed by atoms with E-state index in [0.29, 0.717) is 18.1 Å². The third-order valence-electron chi connectivity index (χ3n) is 1.82. The summed E-state index contributed by atoms with van der Waals surface area (Å²) in [6.45, 7) is 4.14. The van der Waals surface area contributed by atoms with Crippen molar-refractivity contribution in [2.24, 2.45) is 0 Å². The molecule has 16 heavy (non-hydrogen) atoms. The van der Waals surface area contributed by atoms with Crippen molar-refractivity contribution in [3.63, 3.8) is 0 Å². The van der Waals surface area contributed by atoms with Crippen LogP contribution in [0.15, 0.2) is 36.9 Å². The zero-order valence-corrected chi connectivity index (χ0v) is 9.69. The molecule has 88 valence electrons. The quantitative estimate of drug-likeness (QED) is 0.589. The van der Waals surface area contributed by atoms with Crippen molar-refractivity contribution in [2.75, 3.05) is 19.1 Å². The SMILES string of the molecule is C=CCOc1ccccc1OCC(O)CCl. The second-order valence-corrected chi connectivity index (χ2v) is 3.47. The highest BCUT2D eigenvalue weighted by Crippen LogP contribution is 2.26. The fourth-order valence-electron chi connectivity index (χ4n) is 1.07. The molecule has 0 bridgehead atoms. The average molecular weight is 243 g/mol. The van der Waals surface area contributed by atoms with Crippen molar-refractivity contribution in [1.82, 2.24) is 0 Å². The van der Waals surface area contributed by atoms with Crippen molar-refractivity contribution >= 4 is 11.6 Å². The Labute approximate surface area is 100 Å². The zero-order chi connectivity index (χ0) is 11.8. The van der Waals surface area contributed by atoms with Crippen LogP contribution in [0.4, 0.5) is 0 Å². The lowest BCUT2D eigenvalue weighted by Gasteiger charge is -2.13. The van der Waals surface area contributed by atoms with Crippen LogP contribution >= 0.6 is 11.6 Å². The number of halogens is 1. The summed E-state index contributed by atoms with van der Waals surface area (Å²) in [6, 6.07) is 7.26. The van der Waals surface area contributed by atoms with Crippen LogP contribution in [0.25, 0.3) is 0 Å². The fourth-order valence-corrected chi connectivity index (χ4v) is 1.16. The van der Waals surface area contributed by atoms with Gasteiger partial charge in [-0.05, 0) is 12.1 Å². The van der Waals surface area contributed by atoms with E-state index in [1.54, 1.807) is 18.2 Å². The second kappa shape index (κ2) is 7.14. The summed E-state index contributed by atoms with van der Waals surface area (Å²) in [5.74, 6) is 1.37. The lowest BCUT2D eigenvalue weighted by molar-refractivity contribution is 0.123. The maximum Gasteiger partial charge on any atom is 0.161 e. The van der Waals surface area contributed by atoms with E-state index in [2.05, 4.69) is 6.58 Å². The first-order valence-corrected chi connectivity index (χ1v) is 5.51. The monoisotopic (exact) mass is 242 g/mol. The molecule has 3 nitrogen and oxygen atoms in total. The minimum atomic E-state index is -0.672. The number of aliphatic hydroxyl groups is 1. The molecule has 0 fully saturated rings. The molecule has 0 aromatic heterocycles. The van der Waals surface area contributed by atoms with Gasteiger partial charge < -0.3 is 14.6 Å². The van der Waals surface area contributed by atoms with E-state index in [0.717, 1.165) is 0 Å². The zero-order valence-electron chi connectivity index (χ0n) is 8.93. The Hall–Kier alpha value is -1.19. The van der Waals surface area contributed by atoms with Gasteiger partial charge in [0.2, 0.25) is 0 Å². The first-order valence-electron chi connectivity index (χ1n) is 4.97. The first-order chi connectivity index (χ1) is 7.77. The highest BCUT2D eigenvalue weighted by Gasteiger charge is 2.07. The number of rotatable bonds is 7. The van der Waals surface area contributed by atoms with Crippen molar-refractivity contribution in [3.8, 4) is 11.5 Å². The van der Waals surface area contributed by atoms with Crippen LogP contribution in [0.5, 0.6) is 11.5 Å². The van der Waals surface area contributed by atoms with Crippen LogP contribution in [-0.2, 0) is 0 Å². The predicted molar refractivity (Wildman–Crippen MR) is 64.4 cm³/mol. The van der Waals surface area contributed by atoms with Crippen molar-refractivity contribution in [2.45, 2.75) is 6.10 Å². The number of hydrogen-bond donors (Lipinski definition) is 1. The molecule has 1 aromatic carbocycles. The normalized spacial score (nSPS) is 11.9. The third kappa shape index (κ3) is 4.13. The predicted octanol–water partition coefficient (Wildman–Crippen LogP) is 2.23. The van der Waals surface area contributed by atoms with Gasteiger partial charge in [0.1, 0.15) is 19.3 Å². The van der Waals surface area contributed by atoms with Crippen LogP contribution < -0.4 is 9.47 Å². The maximum absolute atomic E-state index is 9.27. The molecular weight excluding hydrogens is 228 g/mol. The van der Waals surface area contributed by atoms with E-state index in [-0.39, 0.29) is 12.5 Å². The summed E-state index contributed by atoms with van der Waals surface area (Å²) in [4.78, 5) is 0. The van der Waals surface area contributed by atoms with E-state index < -0.39 is 6.10 Å². The van der Waals surface area contributed by atoms with Gasteiger partial charge in [0.15, 0.2) is 11.5 Å². The molecule has 0 radical (unpaired) electrons. The van der Waals surface area contributed by atoms with Gasteiger partial charge >= 0.3 is 0 Å². The molecule has 1 N–H and O–H groups in total. The molecule has 4 heteroatoms. The molecule has 0 saturated carbocycles. The molecule has 1 aromatic rings. The lowest BCUT2D eigenvalue weighted by atomic mass is 10.3. The van der Waals surface area contributed by atoms with Crippen LogP contribution in [0.3, 0.4) is 0 Å². The number of hydrogen-bond acceptors (Lipinski definition) is 3. The Morgan fingerprint density at radius 2 is 1.94 bits per heavy atom. The number of aliphatic hydroxyl groups excluding tert-OH is 1. The number of para-hydroxylation sites is 2. The topological polar surface area (TPSA) is 38.7 Å². The maximum atomic E-state index is 9.27. The summed E-state index contributed by atoms with van der Waals surface area (Å²) < 4.78 is 10.8. The van der Waals surface area contributed by atoms with Gasteiger partial charge in [0, 0.05) is 0 Å². The van der Waals surface area contributed by atoms with Gasteiger partial charge in [-0.25, -0.2) is 0 Å². The number of benzene rings is 1. The Morgan fingerprint density at radius 3 is 2.50 bits per heavy atom. The van der Waals surface area contributed by atoms with Crippen molar-refractivity contribution in [3.05, 3.63) is 36.9 Å². The highest BCUT2D eigenvalue weighted by atomic mass is 35.5.